The molecule has 0 aromatic rings. The normalized spacial score (nSPS) is 0. The monoisotopic (exact) mass is 610 g/mol. The van der Waals surface area contributed by atoms with Crippen LogP contribution >= 0.6 is 0 Å². The molecule has 0 unspecified atom stereocenters. The molecule has 0 bridgehead atoms. The summed E-state index contributed by atoms with van der Waals surface area (Å²) in [6, 6.07) is 0. The van der Waals surface area contributed by atoms with Crippen LogP contribution in [0.5, 0.6) is 0 Å². The summed E-state index contributed by atoms with van der Waals surface area (Å²) in [6.45, 7) is 0. The fraction of sp³-hybridized carbons (Fsp3) is 0. The first kappa shape index (κ1) is 61.8. The molecule has 0 saturated carbocycles. The SMILES string of the molecule is [B].[Co].[Cr].[Pd].[Pt].[Re]. The molecule has 0 spiro atoms. The van der Waals surface area contributed by atoms with Crippen molar-refractivity contribution in [2.45, 2.75) is 0 Å². The first-order chi connectivity index (χ1) is 0. The molecule has 0 saturated heterocycles. The molecule has 0 fully saturated rings. The third kappa shape index (κ3) is 27.4. The second-order valence-electron chi connectivity index (χ2n) is 0. The van der Waals surface area contributed by atoms with E-state index in [1.807, 2.05) is 0 Å². The molecule has 0 nitrogen and oxygen atoms in total. The third-order valence-electron chi connectivity index (χ3n) is 0. The van der Waals surface area contributed by atoms with Crippen LogP contribution in [0.25, 0.3) is 0 Å². The Morgan fingerprint density at radius 3 is 1.00 bits per heavy atom. The average molecular weight is 609 g/mol. The second kappa shape index (κ2) is 42.3. The molecule has 0 amide bonds. The molecule has 0 rings (SSSR count). The summed E-state index contributed by atoms with van der Waals surface area (Å²) in [7, 11) is 0. The molecule has 0 N–H and O–H groups in total. The summed E-state index contributed by atoms with van der Waals surface area (Å²) in [5, 5.41) is 0. The Bertz CT molecular complexity index is 15.5. The Morgan fingerprint density at radius 2 is 1.00 bits per heavy atom. The molecule has 0 atom stereocenters. The molecular formula is BCoCrPdPtRe. The summed E-state index contributed by atoms with van der Waals surface area (Å²) in [5.41, 5.74) is 0. The van der Waals surface area contributed by atoms with Crippen LogP contribution in [0.1, 0.15) is 0 Å². The Hall–Kier alpha value is 3.12. The van der Waals surface area contributed by atoms with E-state index >= 15 is 0 Å². The predicted molar refractivity (Wildman–Crippen MR) is 5.75 cm³/mol. The van der Waals surface area contributed by atoms with Crippen molar-refractivity contribution in [1.82, 2.24) is 0 Å². The van der Waals surface area contributed by atoms with Crippen molar-refractivity contribution in [1.29, 1.82) is 0 Å². The van der Waals surface area contributed by atoms with Gasteiger partial charge in [-0.1, -0.05) is 0 Å². The van der Waals surface area contributed by atoms with Crippen molar-refractivity contribution < 1.29 is 96.1 Å². The van der Waals surface area contributed by atoms with Crippen LogP contribution in [0, 0.1) is 0 Å². The molecule has 0 aromatic heterocycles. The minimum absolute atomic E-state index is 0. The van der Waals surface area contributed by atoms with Crippen LogP contribution in [-0.4, -0.2) is 8.41 Å². The van der Waals surface area contributed by atoms with Crippen LogP contribution < -0.4 is 0 Å². The topological polar surface area (TPSA) is 0 Å². The molecule has 6 heavy (non-hydrogen) atoms. The molecular weight excluding hydrogens is 609 g/mol. The van der Waals surface area contributed by atoms with E-state index in [1.54, 1.807) is 0 Å². The van der Waals surface area contributed by atoms with Crippen LogP contribution in [0.15, 0.2) is 0 Å². The van der Waals surface area contributed by atoms with Gasteiger partial charge in [-0.15, -0.1) is 0 Å². The van der Waals surface area contributed by atoms with Crippen molar-refractivity contribution in [2.24, 2.45) is 0 Å². The van der Waals surface area contributed by atoms with Crippen LogP contribution in [-0.2, 0) is 96.1 Å². The average Bonchev–Trinajstić information content (AvgIpc) is 0. The van der Waals surface area contributed by atoms with Gasteiger partial charge in [-0.2, -0.15) is 0 Å². The summed E-state index contributed by atoms with van der Waals surface area (Å²) >= 11 is 0. The maximum Gasteiger partial charge on any atom is 0 e. The molecule has 0 aromatic carbocycles. The summed E-state index contributed by atoms with van der Waals surface area (Å²) in [5.74, 6) is 0. The zero-order valence-corrected chi connectivity index (χ0v) is 11.2. The maximum atomic E-state index is 0. The van der Waals surface area contributed by atoms with Gasteiger partial charge in [0.15, 0.2) is 0 Å². The quantitative estimate of drug-likeness (QED) is 0.329. The van der Waals surface area contributed by atoms with Gasteiger partial charge in [0.1, 0.15) is 0 Å². The fourth-order valence-corrected chi connectivity index (χ4v) is 0. The van der Waals surface area contributed by atoms with Gasteiger partial charge in [0.25, 0.3) is 0 Å². The van der Waals surface area contributed by atoms with Crippen molar-refractivity contribution in [3.05, 3.63) is 0 Å². The van der Waals surface area contributed by atoms with E-state index in [4.69, 9.17) is 0 Å². The van der Waals surface area contributed by atoms with Gasteiger partial charge in [-0.05, 0) is 0 Å². The minimum atomic E-state index is 0. The van der Waals surface area contributed by atoms with E-state index in [2.05, 4.69) is 0 Å². The Kier molecular flexibility index (Phi) is 436. The fourth-order valence-electron chi connectivity index (χ4n) is 0. The maximum absolute atomic E-state index is 0. The number of hydrogen-bond acceptors (Lipinski definition) is 0. The van der Waals surface area contributed by atoms with E-state index in [1.165, 1.54) is 0 Å². The first-order valence-electron chi connectivity index (χ1n) is 0. The minimum Gasteiger partial charge on any atom is 0 e. The summed E-state index contributed by atoms with van der Waals surface area (Å²) in [4.78, 5) is 0. The predicted octanol–water partition coefficient (Wildman–Crippen LogP) is -0.393. The third-order valence-corrected chi connectivity index (χ3v) is 0. The van der Waals surface area contributed by atoms with Crippen molar-refractivity contribution in [2.75, 3.05) is 0 Å². The summed E-state index contributed by atoms with van der Waals surface area (Å²) in [6.07, 6.45) is 0. The van der Waals surface area contributed by atoms with E-state index < -0.39 is 0 Å². The van der Waals surface area contributed by atoms with E-state index in [0.29, 0.717) is 0 Å². The molecule has 0 aliphatic heterocycles. The Balaban J connectivity index is 0. The van der Waals surface area contributed by atoms with Gasteiger partial charge in [0, 0.05) is 104 Å². The van der Waals surface area contributed by atoms with Crippen LogP contribution in [0.2, 0.25) is 0 Å². The van der Waals surface area contributed by atoms with Gasteiger partial charge in [-0.3, -0.25) is 0 Å². The van der Waals surface area contributed by atoms with Gasteiger partial charge >= 0.3 is 0 Å². The van der Waals surface area contributed by atoms with E-state index in [9.17, 15) is 0 Å². The Labute approximate surface area is 103 Å². The van der Waals surface area contributed by atoms with Crippen LogP contribution in [0.4, 0.5) is 0 Å². The zero-order valence-electron chi connectivity index (χ0n) is 2.33. The largest absolute Gasteiger partial charge is 0 e. The molecule has 6 heteroatoms. The molecule has 0 heterocycles. The smallest absolute Gasteiger partial charge is 0 e. The zero-order chi connectivity index (χ0) is 0. The summed E-state index contributed by atoms with van der Waals surface area (Å²) < 4.78 is 0. The van der Waals surface area contributed by atoms with E-state index in [0.717, 1.165) is 0 Å². The standard InChI is InChI=1S/B.Co.Cr.Pd.Pt.Re. The van der Waals surface area contributed by atoms with Crippen molar-refractivity contribution >= 4 is 8.41 Å². The van der Waals surface area contributed by atoms with Gasteiger partial charge in [-0.25, -0.2) is 0 Å². The van der Waals surface area contributed by atoms with Gasteiger partial charge < -0.3 is 0 Å². The molecule has 0 aliphatic carbocycles. The van der Waals surface area contributed by atoms with Gasteiger partial charge in [0.2, 0.25) is 0 Å². The number of hydrogen-bond donors (Lipinski definition) is 0. The Morgan fingerprint density at radius 1 is 1.00 bits per heavy atom. The number of rotatable bonds is 0. The van der Waals surface area contributed by atoms with Crippen molar-refractivity contribution in [3.8, 4) is 0 Å². The molecule has 5 radical (unpaired) electrons. The second-order valence-corrected chi connectivity index (χ2v) is 0. The van der Waals surface area contributed by atoms with Crippen molar-refractivity contribution in [3.63, 3.8) is 0 Å². The van der Waals surface area contributed by atoms with E-state index in [-0.39, 0.29) is 104 Å². The van der Waals surface area contributed by atoms with Gasteiger partial charge in [0.05, 0.1) is 0 Å². The molecule has 0 aliphatic rings. The first-order valence-corrected chi connectivity index (χ1v) is 0. The van der Waals surface area contributed by atoms with Crippen LogP contribution in [0.3, 0.4) is 0 Å². The molecule has 45 valence electrons.